The maximum atomic E-state index is 5.03. The quantitative estimate of drug-likeness (QED) is 0.392. The lowest BCUT2D eigenvalue weighted by atomic mass is 10.5. The summed E-state index contributed by atoms with van der Waals surface area (Å²) >= 11 is 0. The number of hydrogen-bond donors (Lipinski definition) is 1. The normalized spacial score (nSPS) is 8.44. The van der Waals surface area contributed by atoms with Crippen molar-refractivity contribution in [1.82, 2.24) is 0 Å². The molecule has 0 atom stereocenters. The SMILES string of the molecule is NN=c1cccccc1. The molecule has 9 heavy (non-hydrogen) atoms. The molecule has 0 unspecified atom stereocenters. The molecular formula is C7H8N2. The van der Waals surface area contributed by atoms with E-state index in [4.69, 9.17) is 5.84 Å². The third-order valence-electron chi connectivity index (χ3n) is 1.02. The number of nitrogens with zero attached hydrogens (tertiary/aromatic N) is 1. The van der Waals surface area contributed by atoms with Gasteiger partial charge in [-0.05, 0) is 12.1 Å². The van der Waals surface area contributed by atoms with Crippen LogP contribution in [0.3, 0.4) is 0 Å². The van der Waals surface area contributed by atoms with Gasteiger partial charge in [0.05, 0.1) is 5.36 Å². The van der Waals surface area contributed by atoms with E-state index in [0.29, 0.717) is 0 Å². The summed E-state index contributed by atoms with van der Waals surface area (Å²) in [6.45, 7) is 0. The molecule has 0 amide bonds. The van der Waals surface area contributed by atoms with Gasteiger partial charge in [0, 0.05) is 0 Å². The van der Waals surface area contributed by atoms with Crippen LogP contribution in [0.4, 0.5) is 0 Å². The molecule has 46 valence electrons. The van der Waals surface area contributed by atoms with Gasteiger partial charge in [0.25, 0.3) is 0 Å². The molecule has 0 bridgehead atoms. The van der Waals surface area contributed by atoms with E-state index in [-0.39, 0.29) is 0 Å². The van der Waals surface area contributed by atoms with Gasteiger partial charge in [0.15, 0.2) is 0 Å². The van der Waals surface area contributed by atoms with Crippen LogP contribution in [-0.4, -0.2) is 0 Å². The van der Waals surface area contributed by atoms with Crippen molar-refractivity contribution >= 4 is 0 Å². The standard InChI is InChI=1S/C7H8N2/c8-9-7-5-3-1-2-4-6-7/h1-6H,8H2. The topological polar surface area (TPSA) is 38.4 Å². The van der Waals surface area contributed by atoms with E-state index in [1.165, 1.54) is 0 Å². The molecule has 2 nitrogen and oxygen atoms in total. The minimum Gasteiger partial charge on any atom is -0.323 e. The first kappa shape index (κ1) is 5.82. The van der Waals surface area contributed by atoms with E-state index in [2.05, 4.69) is 5.10 Å². The molecule has 0 heterocycles. The average Bonchev–Trinajstić information content (AvgIpc) is 2.13. The van der Waals surface area contributed by atoms with Gasteiger partial charge in [-0.3, -0.25) is 0 Å². The van der Waals surface area contributed by atoms with Crippen molar-refractivity contribution in [3.8, 4) is 0 Å². The van der Waals surface area contributed by atoms with E-state index in [1.807, 2.05) is 36.4 Å². The van der Waals surface area contributed by atoms with Gasteiger partial charge in [-0.2, -0.15) is 5.10 Å². The molecule has 0 aliphatic carbocycles. The lowest BCUT2D eigenvalue weighted by Gasteiger charge is -1.69. The van der Waals surface area contributed by atoms with Crippen molar-refractivity contribution in [3.05, 3.63) is 41.8 Å². The van der Waals surface area contributed by atoms with Crippen LogP contribution < -0.4 is 11.2 Å². The van der Waals surface area contributed by atoms with Gasteiger partial charge in [0.1, 0.15) is 0 Å². The molecule has 1 rings (SSSR count). The van der Waals surface area contributed by atoms with Crippen molar-refractivity contribution in [2.24, 2.45) is 10.9 Å². The summed E-state index contributed by atoms with van der Waals surface area (Å²) in [5.74, 6) is 5.03. The second kappa shape index (κ2) is 2.87. The molecular weight excluding hydrogens is 112 g/mol. The smallest absolute Gasteiger partial charge is 0.0826 e. The highest BCUT2D eigenvalue weighted by Gasteiger charge is 1.69. The fraction of sp³-hybridized carbons (Fsp3) is 0. The van der Waals surface area contributed by atoms with Gasteiger partial charge >= 0.3 is 0 Å². The van der Waals surface area contributed by atoms with Crippen LogP contribution in [0.25, 0.3) is 0 Å². The third kappa shape index (κ3) is 1.57. The predicted octanol–water partition coefficient (Wildman–Crippen LogP) is 0.461. The van der Waals surface area contributed by atoms with Gasteiger partial charge in [-0.25, -0.2) is 0 Å². The number of hydrogen-bond acceptors (Lipinski definition) is 2. The molecule has 0 aliphatic rings. The largest absolute Gasteiger partial charge is 0.323 e. The first-order valence-corrected chi connectivity index (χ1v) is 2.73. The van der Waals surface area contributed by atoms with Crippen molar-refractivity contribution in [2.75, 3.05) is 0 Å². The second-order valence-corrected chi connectivity index (χ2v) is 1.66. The maximum Gasteiger partial charge on any atom is 0.0826 e. The number of rotatable bonds is 0. The summed E-state index contributed by atoms with van der Waals surface area (Å²) in [5.41, 5.74) is 0. The second-order valence-electron chi connectivity index (χ2n) is 1.66. The van der Waals surface area contributed by atoms with Gasteiger partial charge in [-0.1, -0.05) is 24.3 Å². The van der Waals surface area contributed by atoms with Crippen LogP contribution in [0, 0.1) is 0 Å². The van der Waals surface area contributed by atoms with E-state index in [0.717, 1.165) is 5.36 Å². The zero-order valence-corrected chi connectivity index (χ0v) is 4.99. The summed E-state index contributed by atoms with van der Waals surface area (Å²) < 4.78 is 0. The monoisotopic (exact) mass is 120 g/mol. The van der Waals surface area contributed by atoms with Crippen LogP contribution in [-0.2, 0) is 0 Å². The fourth-order valence-electron chi connectivity index (χ4n) is 0.578. The van der Waals surface area contributed by atoms with E-state index >= 15 is 0 Å². The van der Waals surface area contributed by atoms with Crippen LogP contribution in [0.2, 0.25) is 0 Å². The lowest BCUT2D eigenvalue weighted by Crippen LogP contribution is -1.99. The lowest BCUT2D eigenvalue weighted by molar-refractivity contribution is 1.14. The van der Waals surface area contributed by atoms with Crippen molar-refractivity contribution in [2.45, 2.75) is 0 Å². The van der Waals surface area contributed by atoms with Crippen molar-refractivity contribution in [3.63, 3.8) is 0 Å². The zero-order valence-electron chi connectivity index (χ0n) is 4.99. The Hall–Kier alpha value is -1.31. The van der Waals surface area contributed by atoms with Crippen LogP contribution in [0.1, 0.15) is 0 Å². The Labute approximate surface area is 53.6 Å². The summed E-state index contributed by atoms with van der Waals surface area (Å²) in [7, 11) is 0. The van der Waals surface area contributed by atoms with Gasteiger partial charge < -0.3 is 5.84 Å². The summed E-state index contributed by atoms with van der Waals surface area (Å²) in [6.07, 6.45) is 0. The summed E-state index contributed by atoms with van der Waals surface area (Å²) in [4.78, 5) is 0. The van der Waals surface area contributed by atoms with E-state index in [1.54, 1.807) is 0 Å². The minimum atomic E-state index is 0.792. The Kier molecular flexibility index (Phi) is 1.85. The summed E-state index contributed by atoms with van der Waals surface area (Å²) in [6, 6.07) is 11.3. The minimum absolute atomic E-state index is 0.792. The fourth-order valence-corrected chi connectivity index (χ4v) is 0.578. The molecule has 0 saturated carbocycles. The Bertz CT molecular complexity index is 220. The molecule has 0 aliphatic heterocycles. The molecule has 0 fully saturated rings. The Morgan fingerprint density at radius 1 is 1.00 bits per heavy atom. The van der Waals surface area contributed by atoms with Crippen molar-refractivity contribution in [1.29, 1.82) is 0 Å². The van der Waals surface area contributed by atoms with E-state index < -0.39 is 0 Å². The first-order valence-electron chi connectivity index (χ1n) is 2.73. The maximum absolute atomic E-state index is 5.03. The Balaban J connectivity index is 3.28. The molecule has 0 spiro atoms. The van der Waals surface area contributed by atoms with Crippen LogP contribution >= 0.6 is 0 Å². The average molecular weight is 120 g/mol. The van der Waals surface area contributed by atoms with Crippen LogP contribution in [0.15, 0.2) is 41.5 Å². The zero-order chi connectivity index (χ0) is 6.53. The van der Waals surface area contributed by atoms with Gasteiger partial charge in [-0.15, -0.1) is 0 Å². The molecule has 2 heteroatoms. The van der Waals surface area contributed by atoms with E-state index in [9.17, 15) is 0 Å². The molecule has 0 saturated heterocycles. The highest BCUT2D eigenvalue weighted by atomic mass is 15.1. The van der Waals surface area contributed by atoms with Crippen molar-refractivity contribution < 1.29 is 0 Å². The molecule has 0 aromatic heterocycles. The summed E-state index contributed by atoms with van der Waals surface area (Å²) in [5, 5.41) is 4.30. The van der Waals surface area contributed by atoms with Gasteiger partial charge in [0.2, 0.25) is 0 Å². The molecule has 0 radical (unpaired) electrons. The van der Waals surface area contributed by atoms with Crippen LogP contribution in [0.5, 0.6) is 0 Å². The Morgan fingerprint density at radius 3 is 2.00 bits per heavy atom. The highest BCUT2D eigenvalue weighted by molar-refractivity contribution is 4.99. The molecule has 1 aromatic rings. The first-order chi connectivity index (χ1) is 4.43. The molecule has 2 N–H and O–H groups in total. The Morgan fingerprint density at radius 2 is 1.56 bits per heavy atom. The highest BCUT2D eigenvalue weighted by Crippen LogP contribution is 1.74. The predicted molar refractivity (Wildman–Crippen MR) is 36.2 cm³/mol. The number of nitrogens with two attached hydrogens (primary N) is 1. The molecule has 1 aromatic carbocycles. The third-order valence-corrected chi connectivity index (χ3v) is 1.02.